The Kier molecular flexibility index (Phi) is 3.87. The Morgan fingerprint density at radius 2 is 2.00 bits per heavy atom. The average Bonchev–Trinajstić information content (AvgIpc) is 2.95. The van der Waals surface area contributed by atoms with E-state index in [0.29, 0.717) is 5.75 Å². The van der Waals surface area contributed by atoms with Crippen LogP contribution in [0.2, 0.25) is 0 Å². The molecule has 1 aliphatic heterocycles. The number of pyridine rings is 1. The van der Waals surface area contributed by atoms with Crippen LogP contribution in [-0.2, 0) is 9.31 Å². The van der Waals surface area contributed by atoms with Gasteiger partial charge in [0, 0.05) is 29.1 Å². The molecule has 0 atom stereocenters. The Morgan fingerprint density at radius 3 is 2.64 bits per heavy atom. The summed E-state index contributed by atoms with van der Waals surface area (Å²) in [5.41, 5.74) is 2.26. The van der Waals surface area contributed by atoms with Crippen LogP contribution in [0.3, 0.4) is 0 Å². The lowest BCUT2D eigenvalue weighted by Crippen LogP contribution is -2.41. The van der Waals surface area contributed by atoms with Crippen molar-refractivity contribution in [1.82, 2.24) is 9.97 Å². The number of aromatic amines is 1. The molecule has 2 aromatic rings. The highest BCUT2D eigenvalue weighted by atomic mass is 32.1. The third-order valence-corrected chi connectivity index (χ3v) is 4.93. The topological polar surface area (TPSA) is 47.1 Å². The molecule has 0 bridgehead atoms. The van der Waals surface area contributed by atoms with Gasteiger partial charge in [-0.2, -0.15) is 12.6 Å². The number of rotatable bonds is 3. The van der Waals surface area contributed by atoms with Crippen LogP contribution in [0.4, 0.5) is 0 Å². The molecule has 0 amide bonds. The van der Waals surface area contributed by atoms with E-state index in [4.69, 9.17) is 9.31 Å². The van der Waals surface area contributed by atoms with Crippen LogP contribution in [0.15, 0.2) is 30.0 Å². The molecule has 0 spiro atoms. The standard InChI is InChI=1S/C16H21BN2O2S/c1-15(2)16(3,4)21-17(20-15)12(10-22)8-11-9-19-14-13(11)6-5-7-18-14/h5-9,22H,10H2,1-4H3,(H,18,19). The minimum atomic E-state index is -0.371. The zero-order valence-electron chi connectivity index (χ0n) is 13.4. The first kappa shape index (κ1) is 15.7. The van der Waals surface area contributed by atoms with Crippen molar-refractivity contribution < 1.29 is 9.31 Å². The van der Waals surface area contributed by atoms with Crippen LogP contribution in [0, 0.1) is 0 Å². The van der Waals surface area contributed by atoms with Crippen molar-refractivity contribution in [3.63, 3.8) is 0 Å². The maximum absolute atomic E-state index is 6.11. The minimum Gasteiger partial charge on any atom is -0.400 e. The molecular formula is C16H21BN2O2S. The van der Waals surface area contributed by atoms with Crippen molar-refractivity contribution in [3.05, 3.63) is 35.6 Å². The maximum atomic E-state index is 6.11. The molecule has 4 nitrogen and oxygen atoms in total. The predicted octanol–water partition coefficient (Wildman–Crippen LogP) is 3.51. The number of nitrogens with zero attached hydrogens (tertiary/aromatic N) is 1. The van der Waals surface area contributed by atoms with Crippen LogP contribution in [-0.4, -0.2) is 34.0 Å². The molecule has 0 aromatic carbocycles. The Hall–Kier alpha value is -1.24. The lowest BCUT2D eigenvalue weighted by molar-refractivity contribution is 0.00578. The van der Waals surface area contributed by atoms with Crippen molar-refractivity contribution in [2.45, 2.75) is 38.9 Å². The number of thiol groups is 1. The fourth-order valence-electron chi connectivity index (χ4n) is 2.48. The molecule has 1 N–H and O–H groups in total. The summed E-state index contributed by atoms with van der Waals surface area (Å²) < 4.78 is 12.2. The average molecular weight is 316 g/mol. The van der Waals surface area contributed by atoms with E-state index in [1.54, 1.807) is 6.20 Å². The molecule has 3 heterocycles. The summed E-state index contributed by atoms with van der Waals surface area (Å²) in [6.07, 6.45) is 5.81. The van der Waals surface area contributed by atoms with E-state index in [9.17, 15) is 0 Å². The van der Waals surface area contributed by atoms with Crippen LogP contribution < -0.4 is 0 Å². The Morgan fingerprint density at radius 1 is 1.32 bits per heavy atom. The minimum absolute atomic E-state index is 0.346. The van der Waals surface area contributed by atoms with Gasteiger partial charge in [-0.25, -0.2) is 4.98 Å². The lowest BCUT2D eigenvalue weighted by atomic mass is 9.78. The summed E-state index contributed by atoms with van der Waals surface area (Å²) in [7, 11) is -0.371. The third kappa shape index (κ3) is 2.60. The lowest BCUT2D eigenvalue weighted by Gasteiger charge is -2.32. The molecule has 1 saturated heterocycles. The first-order valence-electron chi connectivity index (χ1n) is 7.43. The third-order valence-electron chi connectivity index (χ3n) is 4.56. The number of H-pyrrole nitrogens is 1. The normalized spacial score (nSPS) is 20.8. The molecule has 0 radical (unpaired) electrons. The second kappa shape index (κ2) is 5.44. The Balaban J connectivity index is 1.95. The first-order chi connectivity index (χ1) is 10.3. The maximum Gasteiger partial charge on any atom is 0.491 e. The molecule has 6 heteroatoms. The number of fused-ring (bicyclic) bond motifs is 1. The molecule has 1 aliphatic rings. The molecule has 0 unspecified atom stereocenters. The van der Waals surface area contributed by atoms with E-state index in [1.807, 2.05) is 18.3 Å². The molecular weight excluding hydrogens is 295 g/mol. The van der Waals surface area contributed by atoms with Gasteiger partial charge in [-0.1, -0.05) is 6.08 Å². The smallest absolute Gasteiger partial charge is 0.400 e. The van der Waals surface area contributed by atoms with Crippen LogP contribution in [0.1, 0.15) is 33.3 Å². The Bertz CT molecular complexity index is 708. The van der Waals surface area contributed by atoms with Crippen molar-refractivity contribution in [2.75, 3.05) is 5.75 Å². The van der Waals surface area contributed by atoms with Gasteiger partial charge in [-0.15, -0.1) is 0 Å². The Labute approximate surface area is 136 Å². The highest BCUT2D eigenvalue weighted by molar-refractivity contribution is 7.80. The van der Waals surface area contributed by atoms with Crippen molar-refractivity contribution >= 4 is 36.9 Å². The second-order valence-electron chi connectivity index (χ2n) is 6.61. The largest absolute Gasteiger partial charge is 0.491 e. The predicted molar refractivity (Wildman–Crippen MR) is 94.0 cm³/mol. The second-order valence-corrected chi connectivity index (χ2v) is 6.93. The summed E-state index contributed by atoms with van der Waals surface area (Å²) >= 11 is 4.46. The molecule has 0 saturated carbocycles. The van der Waals surface area contributed by atoms with E-state index in [-0.39, 0.29) is 18.3 Å². The van der Waals surface area contributed by atoms with Gasteiger partial charge in [-0.3, -0.25) is 0 Å². The zero-order valence-corrected chi connectivity index (χ0v) is 14.3. The molecule has 0 aliphatic carbocycles. The fraction of sp³-hybridized carbons (Fsp3) is 0.438. The highest BCUT2D eigenvalue weighted by Crippen LogP contribution is 2.39. The summed E-state index contributed by atoms with van der Waals surface area (Å²) in [5, 5.41) is 1.08. The van der Waals surface area contributed by atoms with Gasteiger partial charge in [-0.05, 0) is 45.3 Å². The highest BCUT2D eigenvalue weighted by Gasteiger charge is 2.52. The van der Waals surface area contributed by atoms with Gasteiger partial charge in [0.15, 0.2) is 0 Å². The van der Waals surface area contributed by atoms with E-state index in [1.165, 1.54) is 0 Å². The van der Waals surface area contributed by atoms with Gasteiger partial charge < -0.3 is 14.3 Å². The fourth-order valence-corrected chi connectivity index (χ4v) is 2.72. The molecule has 3 rings (SSSR count). The summed E-state index contributed by atoms with van der Waals surface area (Å²) in [6.45, 7) is 8.22. The zero-order chi connectivity index (χ0) is 16.0. The first-order valence-corrected chi connectivity index (χ1v) is 8.06. The number of aromatic nitrogens is 2. The van der Waals surface area contributed by atoms with Gasteiger partial charge in [0.1, 0.15) is 5.65 Å². The molecule has 116 valence electrons. The molecule has 2 aromatic heterocycles. The van der Waals surface area contributed by atoms with Gasteiger partial charge in [0.2, 0.25) is 0 Å². The van der Waals surface area contributed by atoms with Gasteiger partial charge in [0.25, 0.3) is 0 Å². The van der Waals surface area contributed by atoms with Gasteiger partial charge in [0.05, 0.1) is 11.2 Å². The summed E-state index contributed by atoms with van der Waals surface area (Å²) in [5.74, 6) is 0.573. The van der Waals surface area contributed by atoms with E-state index in [0.717, 1.165) is 22.1 Å². The summed E-state index contributed by atoms with van der Waals surface area (Å²) in [4.78, 5) is 7.49. The SMILES string of the molecule is CC1(C)OB(C(=Cc2c[nH]c3ncccc23)CS)OC1(C)C. The number of nitrogens with one attached hydrogen (secondary N) is 1. The van der Waals surface area contributed by atoms with Crippen molar-refractivity contribution in [1.29, 1.82) is 0 Å². The summed E-state index contributed by atoms with van der Waals surface area (Å²) in [6, 6.07) is 3.98. The van der Waals surface area contributed by atoms with E-state index >= 15 is 0 Å². The van der Waals surface area contributed by atoms with Crippen molar-refractivity contribution in [3.8, 4) is 0 Å². The number of hydrogen-bond donors (Lipinski definition) is 2. The van der Waals surface area contributed by atoms with E-state index < -0.39 is 0 Å². The molecule has 22 heavy (non-hydrogen) atoms. The van der Waals surface area contributed by atoms with Crippen LogP contribution in [0.5, 0.6) is 0 Å². The molecule has 1 fully saturated rings. The van der Waals surface area contributed by atoms with Crippen LogP contribution >= 0.6 is 12.6 Å². The number of hydrogen-bond acceptors (Lipinski definition) is 4. The van der Waals surface area contributed by atoms with Gasteiger partial charge >= 0.3 is 7.12 Å². The monoisotopic (exact) mass is 316 g/mol. The van der Waals surface area contributed by atoms with Crippen LogP contribution in [0.25, 0.3) is 17.1 Å². The van der Waals surface area contributed by atoms with Crippen molar-refractivity contribution in [2.24, 2.45) is 0 Å². The van der Waals surface area contributed by atoms with E-state index in [2.05, 4.69) is 56.4 Å². The quantitative estimate of drug-likeness (QED) is 0.673.